The van der Waals surface area contributed by atoms with E-state index in [0.29, 0.717) is 10.1 Å². The van der Waals surface area contributed by atoms with E-state index in [-0.39, 0.29) is 9.90 Å². The van der Waals surface area contributed by atoms with E-state index < -0.39 is 12.2 Å². The molecule has 0 spiro atoms. The quantitative estimate of drug-likeness (QED) is 0.677. The summed E-state index contributed by atoms with van der Waals surface area (Å²) >= 11 is 6.60. The average Bonchev–Trinajstić information content (AvgIpc) is 2.47. The molecule has 1 heterocycles. The van der Waals surface area contributed by atoms with Crippen molar-refractivity contribution in [1.82, 2.24) is 0 Å². The van der Waals surface area contributed by atoms with Gasteiger partial charge in [-0.2, -0.15) is 0 Å². The first-order chi connectivity index (χ1) is 6.58. The molecule has 0 nitrogen and oxygen atoms in total. The van der Waals surface area contributed by atoms with Gasteiger partial charge >= 0.3 is 0 Å². The van der Waals surface area contributed by atoms with E-state index in [4.69, 9.17) is 11.6 Å². The first-order valence-electron chi connectivity index (χ1n) is 3.74. The Morgan fingerprint density at radius 3 is 2.57 bits per heavy atom. The summed E-state index contributed by atoms with van der Waals surface area (Å²) in [4.78, 5) is -0.0903. The lowest BCUT2D eigenvalue weighted by molar-refractivity contribution is 0.156. The van der Waals surface area contributed by atoms with Gasteiger partial charge in [0.2, 0.25) is 0 Å². The number of halogens is 4. The third kappa shape index (κ3) is 1.60. The molecule has 0 aliphatic heterocycles. The van der Waals surface area contributed by atoms with Crippen molar-refractivity contribution in [1.29, 1.82) is 0 Å². The molecule has 2 aromatic rings. The first kappa shape index (κ1) is 9.80. The Hall–Kier alpha value is -0.740. The summed E-state index contributed by atoms with van der Waals surface area (Å²) in [7, 11) is 0. The van der Waals surface area contributed by atoms with Crippen LogP contribution in [-0.2, 0) is 0 Å². The van der Waals surface area contributed by atoms with Crippen molar-refractivity contribution in [3.63, 3.8) is 0 Å². The fourth-order valence-corrected chi connectivity index (χ4v) is 2.44. The Morgan fingerprint density at radius 2 is 1.93 bits per heavy atom. The molecule has 0 fully saturated rings. The second kappa shape index (κ2) is 3.44. The largest absolute Gasteiger partial charge is 0.272 e. The number of benzene rings is 1. The van der Waals surface area contributed by atoms with Gasteiger partial charge in [-0.05, 0) is 23.6 Å². The maximum Gasteiger partial charge on any atom is 0.272 e. The second-order valence-electron chi connectivity index (χ2n) is 2.76. The van der Waals surface area contributed by atoms with Crippen LogP contribution in [0.5, 0.6) is 0 Å². The fourth-order valence-electron chi connectivity index (χ4n) is 1.20. The van der Waals surface area contributed by atoms with Gasteiger partial charge in [0, 0.05) is 0 Å². The monoisotopic (exact) mass is 236 g/mol. The van der Waals surface area contributed by atoms with Crippen LogP contribution in [0.15, 0.2) is 18.2 Å². The Balaban J connectivity index is 2.70. The highest BCUT2D eigenvalue weighted by Crippen LogP contribution is 2.36. The van der Waals surface area contributed by atoms with Crippen LogP contribution in [0.25, 0.3) is 10.1 Å². The molecule has 0 unspecified atom stereocenters. The molecule has 0 amide bonds. The van der Waals surface area contributed by atoms with E-state index in [9.17, 15) is 13.2 Å². The Labute approximate surface area is 86.9 Å². The van der Waals surface area contributed by atoms with E-state index in [2.05, 4.69) is 0 Å². The molecule has 0 N–H and O–H groups in total. The van der Waals surface area contributed by atoms with E-state index in [1.54, 1.807) is 0 Å². The Bertz CT molecular complexity index is 478. The van der Waals surface area contributed by atoms with Crippen LogP contribution in [0.2, 0.25) is 5.02 Å². The topological polar surface area (TPSA) is 0 Å². The maximum atomic E-state index is 12.8. The number of hydrogen-bond donors (Lipinski definition) is 0. The fraction of sp³-hybridized carbons (Fsp3) is 0.111. The van der Waals surface area contributed by atoms with Gasteiger partial charge in [0.25, 0.3) is 6.43 Å². The molecule has 0 atom stereocenters. The molecule has 1 aromatic heterocycles. The molecule has 0 radical (unpaired) electrons. The van der Waals surface area contributed by atoms with Crippen LogP contribution in [0.4, 0.5) is 13.2 Å². The summed E-state index contributed by atoms with van der Waals surface area (Å²) in [6.45, 7) is 0. The molecule has 5 heteroatoms. The van der Waals surface area contributed by atoms with Gasteiger partial charge in [0.05, 0.1) is 14.6 Å². The van der Waals surface area contributed by atoms with Crippen molar-refractivity contribution in [3.8, 4) is 0 Å². The number of hydrogen-bond acceptors (Lipinski definition) is 1. The van der Waals surface area contributed by atoms with Crippen molar-refractivity contribution in [2.24, 2.45) is 0 Å². The highest BCUT2D eigenvalue weighted by Gasteiger charge is 2.13. The normalized spacial score (nSPS) is 11.5. The number of alkyl halides is 2. The van der Waals surface area contributed by atoms with Crippen LogP contribution in [0.1, 0.15) is 11.3 Å². The zero-order valence-corrected chi connectivity index (χ0v) is 8.30. The number of thiophene rings is 1. The summed E-state index contributed by atoms with van der Waals surface area (Å²) in [6.07, 6.45) is -2.54. The highest BCUT2D eigenvalue weighted by molar-refractivity contribution is 7.19. The van der Waals surface area contributed by atoms with Crippen molar-refractivity contribution in [3.05, 3.63) is 33.9 Å². The molecule has 14 heavy (non-hydrogen) atoms. The SMILES string of the molecule is Fc1cc(Cl)c2sc(C(F)F)cc2c1. The predicted molar refractivity (Wildman–Crippen MR) is 51.8 cm³/mol. The Kier molecular flexibility index (Phi) is 2.41. The zero-order valence-electron chi connectivity index (χ0n) is 6.73. The summed E-state index contributed by atoms with van der Waals surface area (Å²) in [5, 5.41) is 0.604. The zero-order chi connectivity index (χ0) is 10.3. The molecule has 1 aromatic carbocycles. The first-order valence-corrected chi connectivity index (χ1v) is 4.94. The van der Waals surface area contributed by atoms with Crippen LogP contribution in [0, 0.1) is 5.82 Å². The van der Waals surface area contributed by atoms with Gasteiger partial charge in [-0.25, -0.2) is 13.2 Å². The van der Waals surface area contributed by atoms with Crippen molar-refractivity contribution >= 4 is 33.0 Å². The number of rotatable bonds is 1. The van der Waals surface area contributed by atoms with Gasteiger partial charge < -0.3 is 0 Å². The molecular formula is C9H4ClF3S. The standard InChI is InChI=1S/C9H4ClF3S/c10-6-3-5(11)1-4-2-7(9(12)13)14-8(4)6/h1-3,9H. The van der Waals surface area contributed by atoms with E-state index in [0.717, 1.165) is 17.4 Å². The molecule has 0 saturated heterocycles. The van der Waals surface area contributed by atoms with E-state index in [1.165, 1.54) is 12.1 Å². The van der Waals surface area contributed by atoms with Crippen molar-refractivity contribution in [2.75, 3.05) is 0 Å². The average molecular weight is 237 g/mol. The third-order valence-corrected chi connectivity index (χ3v) is 3.37. The highest BCUT2D eigenvalue weighted by atomic mass is 35.5. The molecule has 74 valence electrons. The predicted octanol–water partition coefficient (Wildman–Crippen LogP) is 4.63. The van der Waals surface area contributed by atoms with Gasteiger partial charge in [0.1, 0.15) is 5.82 Å². The van der Waals surface area contributed by atoms with E-state index >= 15 is 0 Å². The lowest BCUT2D eigenvalue weighted by atomic mass is 10.2. The minimum Gasteiger partial charge on any atom is -0.207 e. The third-order valence-electron chi connectivity index (χ3n) is 1.77. The van der Waals surface area contributed by atoms with Crippen LogP contribution in [-0.4, -0.2) is 0 Å². The van der Waals surface area contributed by atoms with Gasteiger partial charge in [0.15, 0.2) is 0 Å². The van der Waals surface area contributed by atoms with E-state index in [1.807, 2.05) is 0 Å². The summed E-state index contributed by atoms with van der Waals surface area (Å²) in [6, 6.07) is 3.58. The summed E-state index contributed by atoms with van der Waals surface area (Å²) < 4.78 is 38.0. The maximum absolute atomic E-state index is 12.8. The lowest BCUT2D eigenvalue weighted by Crippen LogP contribution is -1.73. The van der Waals surface area contributed by atoms with Gasteiger partial charge in [-0.3, -0.25) is 0 Å². The van der Waals surface area contributed by atoms with Gasteiger partial charge in [-0.1, -0.05) is 11.6 Å². The number of fused-ring (bicyclic) bond motifs is 1. The lowest BCUT2D eigenvalue weighted by Gasteiger charge is -1.92. The molecule has 0 bridgehead atoms. The molecule has 2 rings (SSSR count). The molecular weight excluding hydrogens is 233 g/mol. The Morgan fingerprint density at radius 1 is 1.21 bits per heavy atom. The molecule has 0 saturated carbocycles. The van der Waals surface area contributed by atoms with Crippen LogP contribution in [0.3, 0.4) is 0 Å². The summed E-state index contributed by atoms with van der Waals surface area (Å²) in [5.41, 5.74) is 0. The van der Waals surface area contributed by atoms with Crippen LogP contribution >= 0.6 is 22.9 Å². The smallest absolute Gasteiger partial charge is 0.207 e. The van der Waals surface area contributed by atoms with Crippen molar-refractivity contribution < 1.29 is 13.2 Å². The van der Waals surface area contributed by atoms with Gasteiger partial charge in [-0.15, -0.1) is 11.3 Å². The summed E-state index contributed by atoms with van der Waals surface area (Å²) in [5.74, 6) is -0.513. The minimum absolute atomic E-state index is 0.0903. The van der Waals surface area contributed by atoms with Crippen molar-refractivity contribution in [2.45, 2.75) is 6.43 Å². The minimum atomic E-state index is -2.54. The molecule has 0 aliphatic carbocycles. The second-order valence-corrected chi connectivity index (χ2v) is 4.25. The molecule has 0 aliphatic rings. The van der Waals surface area contributed by atoms with Crippen LogP contribution < -0.4 is 0 Å².